The maximum absolute atomic E-state index is 13.4. The van der Waals surface area contributed by atoms with Gasteiger partial charge in [-0.25, -0.2) is 0 Å². The number of pyridine rings is 1. The second-order valence-corrected chi connectivity index (χ2v) is 7.42. The number of likely N-dealkylation sites (N-methyl/N-ethyl adjacent to an activating group) is 1. The number of ether oxygens (including phenoxy) is 1. The molecule has 3 aromatic rings. The summed E-state index contributed by atoms with van der Waals surface area (Å²) in [5.74, 6) is 0.592. The number of hydrogen-bond acceptors (Lipinski definition) is 4. The first-order valence-electron chi connectivity index (χ1n) is 9.31. The molecule has 0 aliphatic carbocycles. The Kier molecular flexibility index (Phi) is 5.60. The summed E-state index contributed by atoms with van der Waals surface area (Å²) in [6, 6.07) is 14.5. The molecule has 0 fully saturated rings. The molecule has 0 atom stereocenters. The second-order valence-electron chi connectivity index (χ2n) is 6.57. The van der Waals surface area contributed by atoms with Crippen LogP contribution in [0.15, 0.2) is 60.9 Å². The number of hydrogen-bond donors (Lipinski definition) is 0. The Labute approximate surface area is 179 Å². The third kappa shape index (κ3) is 3.88. The molecule has 0 saturated carbocycles. The van der Waals surface area contributed by atoms with Gasteiger partial charge in [-0.2, -0.15) is 0 Å². The first-order chi connectivity index (χ1) is 14.1. The van der Waals surface area contributed by atoms with E-state index in [4.69, 9.17) is 27.9 Å². The number of para-hydroxylation sites is 2. The van der Waals surface area contributed by atoms with Gasteiger partial charge >= 0.3 is 0 Å². The van der Waals surface area contributed by atoms with Crippen LogP contribution in [0.1, 0.15) is 17.3 Å². The van der Waals surface area contributed by atoms with Gasteiger partial charge in [0.05, 0.1) is 16.4 Å². The number of amides is 1. The molecule has 148 valence electrons. The minimum Gasteiger partial charge on any atom is -0.455 e. The molecule has 1 amide bonds. The molecular weight excluding hydrogens is 409 g/mol. The van der Waals surface area contributed by atoms with Crippen LogP contribution in [0.5, 0.6) is 11.5 Å². The van der Waals surface area contributed by atoms with Crippen molar-refractivity contribution in [3.8, 4) is 11.5 Å². The van der Waals surface area contributed by atoms with Gasteiger partial charge in [0.1, 0.15) is 17.1 Å². The van der Waals surface area contributed by atoms with Crippen LogP contribution in [-0.2, 0) is 0 Å². The average Bonchev–Trinajstić information content (AvgIpc) is 2.75. The van der Waals surface area contributed by atoms with Gasteiger partial charge in [-0.1, -0.05) is 35.3 Å². The van der Waals surface area contributed by atoms with E-state index < -0.39 is 0 Å². The maximum atomic E-state index is 13.4. The van der Waals surface area contributed by atoms with Gasteiger partial charge in [0.2, 0.25) is 0 Å². The fourth-order valence-electron chi connectivity index (χ4n) is 3.41. The highest BCUT2D eigenvalue weighted by molar-refractivity contribution is 6.34. The smallest absolute Gasteiger partial charge is 0.263 e. The van der Waals surface area contributed by atoms with Crippen LogP contribution in [0.3, 0.4) is 0 Å². The Bertz CT molecular complexity index is 1060. The summed E-state index contributed by atoms with van der Waals surface area (Å²) in [5, 5.41) is 0.905. The summed E-state index contributed by atoms with van der Waals surface area (Å²) in [6.45, 7) is 4.33. The van der Waals surface area contributed by atoms with Crippen LogP contribution in [0.4, 0.5) is 11.4 Å². The van der Waals surface area contributed by atoms with Crippen molar-refractivity contribution >= 4 is 40.5 Å². The number of rotatable bonds is 4. The Morgan fingerprint density at radius 3 is 2.66 bits per heavy atom. The van der Waals surface area contributed by atoms with E-state index >= 15 is 0 Å². The van der Waals surface area contributed by atoms with E-state index in [1.807, 2.05) is 24.3 Å². The Morgan fingerprint density at radius 1 is 1.07 bits per heavy atom. The number of aromatic nitrogens is 1. The van der Waals surface area contributed by atoms with Crippen molar-refractivity contribution in [2.45, 2.75) is 6.92 Å². The molecule has 0 bridgehead atoms. The van der Waals surface area contributed by atoms with E-state index in [1.165, 1.54) is 6.20 Å². The zero-order chi connectivity index (χ0) is 20.4. The highest BCUT2D eigenvalue weighted by atomic mass is 35.5. The SMILES string of the molecule is CCN1CCN(C(=O)c2cnccc2Oc2cc(Cl)ccc2Cl)c2ccccc21. The molecule has 2 heterocycles. The molecular formula is C22H19Cl2N3O2. The molecule has 29 heavy (non-hydrogen) atoms. The lowest BCUT2D eigenvalue weighted by molar-refractivity contribution is 0.0984. The van der Waals surface area contributed by atoms with Crippen molar-refractivity contribution in [2.75, 3.05) is 29.4 Å². The quantitative estimate of drug-likeness (QED) is 0.538. The van der Waals surface area contributed by atoms with E-state index in [-0.39, 0.29) is 5.91 Å². The van der Waals surface area contributed by atoms with Gasteiger partial charge in [0, 0.05) is 43.1 Å². The predicted molar refractivity (Wildman–Crippen MR) is 117 cm³/mol. The number of fused-ring (bicyclic) bond motifs is 1. The third-order valence-electron chi connectivity index (χ3n) is 4.86. The number of carbonyl (C=O) groups is 1. The third-order valence-corrected chi connectivity index (χ3v) is 5.41. The molecule has 1 aromatic heterocycles. The summed E-state index contributed by atoms with van der Waals surface area (Å²) in [6.07, 6.45) is 3.10. The molecule has 0 radical (unpaired) electrons. The Balaban J connectivity index is 1.69. The summed E-state index contributed by atoms with van der Waals surface area (Å²) < 4.78 is 5.95. The van der Waals surface area contributed by atoms with Gasteiger partial charge < -0.3 is 14.5 Å². The van der Waals surface area contributed by atoms with Gasteiger partial charge in [-0.3, -0.25) is 9.78 Å². The van der Waals surface area contributed by atoms with E-state index in [2.05, 4.69) is 16.8 Å². The minimum absolute atomic E-state index is 0.172. The topological polar surface area (TPSA) is 45.7 Å². The normalized spacial score (nSPS) is 13.2. The summed E-state index contributed by atoms with van der Waals surface area (Å²) in [7, 11) is 0. The number of anilines is 2. The molecule has 0 N–H and O–H groups in total. The van der Waals surface area contributed by atoms with Gasteiger partial charge in [-0.15, -0.1) is 0 Å². The highest BCUT2D eigenvalue weighted by Gasteiger charge is 2.28. The lowest BCUT2D eigenvalue weighted by atomic mass is 10.1. The largest absolute Gasteiger partial charge is 0.455 e. The monoisotopic (exact) mass is 427 g/mol. The molecule has 7 heteroatoms. The second kappa shape index (κ2) is 8.31. The van der Waals surface area contributed by atoms with E-state index in [0.29, 0.717) is 33.7 Å². The van der Waals surface area contributed by atoms with Crippen molar-refractivity contribution in [3.63, 3.8) is 0 Å². The predicted octanol–water partition coefficient (Wildman–Crippen LogP) is 5.67. The zero-order valence-corrected chi connectivity index (χ0v) is 17.3. The van der Waals surface area contributed by atoms with Crippen molar-refractivity contribution in [1.82, 2.24) is 4.98 Å². The molecule has 0 spiro atoms. The van der Waals surface area contributed by atoms with Crippen molar-refractivity contribution in [2.24, 2.45) is 0 Å². The summed E-state index contributed by atoms with van der Waals surface area (Å²) >= 11 is 12.3. The first-order valence-corrected chi connectivity index (χ1v) is 10.1. The first kappa shape index (κ1) is 19.6. The van der Waals surface area contributed by atoms with Gasteiger partial charge in [0.15, 0.2) is 0 Å². The van der Waals surface area contributed by atoms with Crippen LogP contribution in [-0.4, -0.2) is 30.5 Å². The fourth-order valence-corrected chi connectivity index (χ4v) is 3.73. The molecule has 0 unspecified atom stereocenters. The van der Waals surface area contributed by atoms with Crippen molar-refractivity contribution in [1.29, 1.82) is 0 Å². The number of nitrogens with zero attached hydrogens (tertiary/aromatic N) is 3. The average molecular weight is 428 g/mol. The van der Waals surface area contributed by atoms with Gasteiger partial charge in [0.25, 0.3) is 5.91 Å². The maximum Gasteiger partial charge on any atom is 0.263 e. The Hall–Kier alpha value is -2.76. The molecule has 1 aliphatic heterocycles. The molecule has 1 aliphatic rings. The summed E-state index contributed by atoms with van der Waals surface area (Å²) in [5.41, 5.74) is 2.28. The van der Waals surface area contributed by atoms with E-state index in [1.54, 1.807) is 35.4 Å². The summed E-state index contributed by atoms with van der Waals surface area (Å²) in [4.78, 5) is 21.6. The molecule has 2 aromatic carbocycles. The number of carbonyl (C=O) groups excluding carboxylic acids is 1. The fraction of sp³-hybridized carbons (Fsp3) is 0.182. The zero-order valence-electron chi connectivity index (χ0n) is 15.8. The van der Waals surface area contributed by atoms with Crippen LogP contribution in [0.2, 0.25) is 10.0 Å². The Morgan fingerprint density at radius 2 is 1.86 bits per heavy atom. The van der Waals surface area contributed by atoms with Crippen LogP contribution in [0, 0.1) is 0 Å². The lowest BCUT2D eigenvalue weighted by Gasteiger charge is -2.37. The van der Waals surface area contributed by atoms with Crippen LogP contribution >= 0.6 is 23.2 Å². The molecule has 4 rings (SSSR count). The van der Waals surface area contributed by atoms with Crippen molar-refractivity contribution < 1.29 is 9.53 Å². The van der Waals surface area contributed by atoms with E-state index in [9.17, 15) is 4.79 Å². The minimum atomic E-state index is -0.172. The van der Waals surface area contributed by atoms with Crippen LogP contribution in [0.25, 0.3) is 0 Å². The standard InChI is InChI=1S/C22H19Cl2N3O2/c1-2-26-11-12-27(19-6-4-3-5-18(19)26)22(28)16-14-25-10-9-20(16)29-21-13-15(23)7-8-17(21)24/h3-10,13-14H,2,11-12H2,1H3. The number of benzene rings is 2. The van der Waals surface area contributed by atoms with Crippen molar-refractivity contribution in [3.05, 3.63) is 76.5 Å². The molecule has 0 saturated heterocycles. The highest BCUT2D eigenvalue weighted by Crippen LogP contribution is 2.36. The van der Waals surface area contributed by atoms with E-state index in [0.717, 1.165) is 24.5 Å². The number of halogens is 2. The van der Waals surface area contributed by atoms with Gasteiger partial charge in [-0.05, 0) is 37.3 Å². The lowest BCUT2D eigenvalue weighted by Crippen LogP contribution is -2.44. The van der Waals surface area contributed by atoms with Crippen LogP contribution < -0.4 is 14.5 Å². The molecule has 5 nitrogen and oxygen atoms in total.